The van der Waals surface area contributed by atoms with Gasteiger partial charge in [0.2, 0.25) is 5.91 Å². The summed E-state index contributed by atoms with van der Waals surface area (Å²) < 4.78 is 5.40. The molecule has 3 fully saturated rings. The summed E-state index contributed by atoms with van der Waals surface area (Å²) in [6, 6.07) is 0.845. The van der Waals surface area contributed by atoms with Crippen LogP contribution in [0.2, 0.25) is 0 Å². The molecule has 0 spiro atoms. The predicted octanol–water partition coefficient (Wildman–Crippen LogP) is 0.0586. The minimum atomic E-state index is -0.827. The number of aliphatic hydroxyl groups excluding tert-OH is 1. The minimum absolute atomic E-state index is 0.112. The number of piperidine rings is 1. The number of hydrogen-bond acceptors (Lipinski definition) is 5. The lowest BCUT2D eigenvalue weighted by molar-refractivity contribution is -0.133. The first kappa shape index (κ1) is 17.1. The standard InChI is InChI=1S/C17H31N3O3/c1-13(12-19-8-10-23-11-9-19)20-6-4-14(5-7-20)16(21)17(22)18-15-2-3-15/h13-16,21H,2-12H2,1H3,(H,18,22). The normalized spacial score (nSPS) is 27.6. The number of carbonyl (C=O) groups excluding carboxylic acids is 1. The lowest BCUT2D eigenvalue weighted by Crippen LogP contribution is -2.50. The van der Waals surface area contributed by atoms with Gasteiger partial charge in [0.15, 0.2) is 0 Å². The minimum Gasteiger partial charge on any atom is -0.383 e. The highest BCUT2D eigenvalue weighted by Crippen LogP contribution is 2.24. The van der Waals surface area contributed by atoms with Crippen molar-refractivity contribution < 1.29 is 14.6 Å². The van der Waals surface area contributed by atoms with Gasteiger partial charge in [0.1, 0.15) is 6.10 Å². The first-order chi connectivity index (χ1) is 11.1. The van der Waals surface area contributed by atoms with Crippen molar-refractivity contribution in [2.24, 2.45) is 5.92 Å². The SMILES string of the molecule is CC(CN1CCOCC1)N1CCC(C(O)C(=O)NC2CC2)CC1. The van der Waals surface area contributed by atoms with Crippen LogP contribution in [-0.4, -0.2) is 84.9 Å². The largest absolute Gasteiger partial charge is 0.383 e. The quantitative estimate of drug-likeness (QED) is 0.723. The van der Waals surface area contributed by atoms with Crippen LogP contribution < -0.4 is 5.32 Å². The van der Waals surface area contributed by atoms with Gasteiger partial charge in [-0.3, -0.25) is 14.6 Å². The van der Waals surface area contributed by atoms with E-state index in [1.807, 2.05) is 0 Å². The molecule has 0 aromatic carbocycles. The molecule has 6 heteroatoms. The van der Waals surface area contributed by atoms with Gasteiger partial charge in [-0.2, -0.15) is 0 Å². The lowest BCUT2D eigenvalue weighted by Gasteiger charge is -2.39. The number of carbonyl (C=O) groups is 1. The molecule has 2 heterocycles. The number of aliphatic hydroxyl groups is 1. The van der Waals surface area contributed by atoms with Crippen molar-refractivity contribution in [3.63, 3.8) is 0 Å². The number of likely N-dealkylation sites (tertiary alicyclic amines) is 1. The third-order valence-corrected chi connectivity index (χ3v) is 5.46. The Morgan fingerprint density at radius 2 is 1.83 bits per heavy atom. The van der Waals surface area contributed by atoms with Gasteiger partial charge < -0.3 is 15.2 Å². The number of nitrogens with one attached hydrogen (secondary N) is 1. The molecular formula is C17H31N3O3. The summed E-state index contributed by atoms with van der Waals surface area (Å²) in [6.45, 7) is 9.06. The zero-order valence-corrected chi connectivity index (χ0v) is 14.2. The second-order valence-electron chi connectivity index (χ2n) is 7.36. The summed E-state index contributed by atoms with van der Waals surface area (Å²) in [6.07, 6.45) is 3.12. The Bertz CT molecular complexity index is 389. The van der Waals surface area contributed by atoms with Crippen LogP contribution in [0.1, 0.15) is 32.6 Å². The summed E-state index contributed by atoms with van der Waals surface area (Å²) in [5.74, 6) is -0.0482. The first-order valence-electron chi connectivity index (χ1n) is 9.16. The van der Waals surface area contributed by atoms with Crippen LogP contribution in [-0.2, 0) is 9.53 Å². The highest BCUT2D eigenvalue weighted by Gasteiger charge is 2.34. The third kappa shape index (κ3) is 4.89. The zero-order valence-electron chi connectivity index (χ0n) is 14.2. The molecule has 3 aliphatic rings. The van der Waals surface area contributed by atoms with Crippen molar-refractivity contribution in [3.05, 3.63) is 0 Å². The third-order valence-electron chi connectivity index (χ3n) is 5.46. The smallest absolute Gasteiger partial charge is 0.249 e. The van der Waals surface area contributed by atoms with E-state index < -0.39 is 6.10 Å². The molecule has 0 bridgehead atoms. The Morgan fingerprint density at radius 1 is 1.17 bits per heavy atom. The van der Waals surface area contributed by atoms with Crippen LogP contribution in [0, 0.1) is 5.92 Å². The van der Waals surface area contributed by atoms with Crippen LogP contribution >= 0.6 is 0 Å². The van der Waals surface area contributed by atoms with Crippen LogP contribution in [0.25, 0.3) is 0 Å². The van der Waals surface area contributed by atoms with Gasteiger partial charge in [0.05, 0.1) is 13.2 Å². The predicted molar refractivity (Wildman–Crippen MR) is 88.2 cm³/mol. The van der Waals surface area contributed by atoms with Crippen LogP contribution in [0.15, 0.2) is 0 Å². The van der Waals surface area contributed by atoms with E-state index in [9.17, 15) is 9.90 Å². The molecule has 2 atom stereocenters. The molecule has 132 valence electrons. The molecule has 2 unspecified atom stereocenters. The summed E-state index contributed by atoms with van der Waals surface area (Å²) in [5.41, 5.74) is 0. The van der Waals surface area contributed by atoms with Crippen molar-refractivity contribution in [2.45, 2.75) is 50.8 Å². The van der Waals surface area contributed by atoms with Gasteiger partial charge in [-0.1, -0.05) is 0 Å². The molecule has 1 amide bonds. The molecule has 1 saturated carbocycles. The molecule has 0 radical (unpaired) electrons. The fraction of sp³-hybridized carbons (Fsp3) is 0.941. The number of ether oxygens (including phenoxy) is 1. The second-order valence-corrected chi connectivity index (χ2v) is 7.36. The van der Waals surface area contributed by atoms with Crippen molar-refractivity contribution in [2.75, 3.05) is 45.9 Å². The summed E-state index contributed by atoms with van der Waals surface area (Å²) in [7, 11) is 0. The van der Waals surface area contributed by atoms with E-state index in [2.05, 4.69) is 22.0 Å². The van der Waals surface area contributed by atoms with E-state index >= 15 is 0 Å². The molecule has 2 aliphatic heterocycles. The highest BCUT2D eigenvalue weighted by molar-refractivity contribution is 5.81. The van der Waals surface area contributed by atoms with E-state index in [0.29, 0.717) is 12.1 Å². The Labute approximate surface area is 139 Å². The molecule has 2 N–H and O–H groups in total. The topological polar surface area (TPSA) is 65.0 Å². The van der Waals surface area contributed by atoms with Crippen molar-refractivity contribution in [1.82, 2.24) is 15.1 Å². The van der Waals surface area contributed by atoms with Crippen LogP contribution in [0.4, 0.5) is 0 Å². The monoisotopic (exact) mass is 325 g/mol. The van der Waals surface area contributed by atoms with E-state index in [0.717, 1.165) is 71.6 Å². The molecule has 6 nitrogen and oxygen atoms in total. The summed E-state index contributed by atoms with van der Waals surface area (Å²) in [4.78, 5) is 16.9. The Balaban J connectivity index is 1.39. The van der Waals surface area contributed by atoms with Crippen molar-refractivity contribution in [3.8, 4) is 0 Å². The lowest BCUT2D eigenvalue weighted by atomic mass is 9.90. The zero-order chi connectivity index (χ0) is 16.2. The average Bonchev–Trinajstić information content (AvgIpc) is 3.39. The van der Waals surface area contributed by atoms with Gasteiger partial charge in [-0.05, 0) is 51.6 Å². The number of amides is 1. The van der Waals surface area contributed by atoms with E-state index in [4.69, 9.17) is 4.74 Å². The maximum absolute atomic E-state index is 12.0. The Morgan fingerprint density at radius 3 is 2.43 bits per heavy atom. The van der Waals surface area contributed by atoms with Gasteiger partial charge in [0, 0.05) is 31.7 Å². The fourth-order valence-electron chi connectivity index (χ4n) is 3.68. The van der Waals surface area contributed by atoms with E-state index in [-0.39, 0.29) is 11.8 Å². The Kier molecular flexibility index (Phi) is 5.91. The molecular weight excluding hydrogens is 294 g/mol. The molecule has 3 rings (SSSR count). The molecule has 0 aromatic heterocycles. The Hall–Kier alpha value is -0.690. The highest BCUT2D eigenvalue weighted by atomic mass is 16.5. The number of rotatable bonds is 6. The van der Waals surface area contributed by atoms with Gasteiger partial charge >= 0.3 is 0 Å². The maximum Gasteiger partial charge on any atom is 0.249 e. The number of nitrogens with zero attached hydrogens (tertiary/aromatic N) is 2. The van der Waals surface area contributed by atoms with Crippen LogP contribution in [0.3, 0.4) is 0 Å². The van der Waals surface area contributed by atoms with E-state index in [1.54, 1.807) is 0 Å². The fourth-order valence-corrected chi connectivity index (χ4v) is 3.68. The average molecular weight is 325 g/mol. The van der Waals surface area contributed by atoms with Crippen molar-refractivity contribution in [1.29, 1.82) is 0 Å². The summed E-state index contributed by atoms with van der Waals surface area (Å²) in [5, 5.41) is 13.2. The first-order valence-corrected chi connectivity index (χ1v) is 9.16. The van der Waals surface area contributed by atoms with Gasteiger partial charge in [0.25, 0.3) is 0 Å². The number of hydrogen-bond donors (Lipinski definition) is 2. The number of morpholine rings is 1. The maximum atomic E-state index is 12.0. The summed E-state index contributed by atoms with van der Waals surface area (Å²) >= 11 is 0. The molecule has 0 aromatic rings. The van der Waals surface area contributed by atoms with E-state index in [1.165, 1.54) is 0 Å². The molecule has 2 saturated heterocycles. The second kappa shape index (κ2) is 7.92. The van der Waals surface area contributed by atoms with Gasteiger partial charge in [-0.15, -0.1) is 0 Å². The van der Waals surface area contributed by atoms with Gasteiger partial charge in [-0.25, -0.2) is 0 Å². The van der Waals surface area contributed by atoms with Crippen LogP contribution in [0.5, 0.6) is 0 Å². The molecule has 23 heavy (non-hydrogen) atoms. The molecule has 1 aliphatic carbocycles. The van der Waals surface area contributed by atoms with Crippen molar-refractivity contribution >= 4 is 5.91 Å².